The number of para-hydroxylation sites is 1. The van der Waals surface area contributed by atoms with Crippen LogP contribution in [0.25, 0.3) is 0 Å². The Morgan fingerprint density at radius 3 is 2.89 bits per heavy atom. The Balaban J connectivity index is 2.17. The van der Waals surface area contributed by atoms with Crippen LogP contribution in [0, 0.1) is 6.92 Å². The quantitative estimate of drug-likeness (QED) is 0.871. The van der Waals surface area contributed by atoms with Crippen molar-refractivity contribution in [3.8, 4) is 0 Å². The molecule has 1 heterocycles. The minimum absolute atomic E-state index is 0.225. The highest BCUT2D eigenvalue weighted by molar-refractivity contribution is 5.67. The summed E-state index contributed by atoms with van der Waals surface area (Å²) in [6.45, 7) is 6.05. The van der Waals surface area contributed by atoms with Crippen molar-refractivity contribution < 1.29 is 9.90 Å². The fourth-order valence-electron chi connectivity index (χ4n) is 2.68. The summed E-state index contributed by atoms with van der Waals surface area (Å²) in [7, 11) is 0. The smallest absolute Gasteiger partial charge is 0.303 e. The molecule has 0 aromatic heterocycles. The summed E-state index contributed by atoms with van der Waals surface area (Å²) in [5.74, 6) is -0.719. The lowest BCUT2D eigenvalue weighted by Crippen LogP contribution is -2.56. The maximum absolute atomic E-state index is 10.8. The first kappa shape index (κ1) is 13.9. The van der Waals surface area contributed by atoms with Crippen LogP contribution in [-0.2, 0) is 4.79 Å². The van der Waals surface area contributed by atoms with E-state index in [1.54, 1.807) is 0 Å². The lowest BCUT2D eigenvalue weighted by atomic mass is 10.0. The second kappa shape index (κ2) is 6.06. The van der Waals surface area contributed by atoms with E-state index in [1.165, 1.54) is 11.3 Å². The number of aryl methyl sites for hydroxylation is 1. The monoisotopic (exact) mass is 262 g/mol. The third kappa shape index (κ3) is 3.47. The summed E-state index contributed by atoms with van der Waals surface area (Å²) in [5, 5.41) is 12.3. The van der Waals surface area contributed by atoms with E-state index in [-0.39, 0.29) is 12.5 Å². The van der Waals surface area contributed by atoms with E-state index in [4.69, 9.17) is 5.11 Å². The van der Waals surface area contributed by atoms with Crippen molar-refractivity contribution in [1.82, 2.24) is 5.32 Å². The molecule has 0 aliphatic carbocycles. The normalized spacial score (nSPS) is 23.4. The molecule has 4 nitrogen and oxygen atoms in total. The molecule has 0 bridgehead atoms. The van der Waals surface area contributed by atoms with Gasteiger partial charge in [0.25, 0.3) is 0 Å². The highest BCUT2D eigenvalue weighted by atomic mass is 16.4. The van der Waals surface area contributed by atoms with Crippen LogP contribution in [0.3, 0.4) is 0 Å². The highest BCUT2D eigenvalue weighted by Gasteiger charge is 2.27. The zero-order valence-electron chi connectivity index (χ0n) is 11.6. The fourth-order valence-corrected chi connectivity index (χ4v) is 2.68. The number of benzene rings is 1. The molecule has 2 atom stereocenters. The van der Waals surface area contributed by atoms with Crippen molar-refractivity contribution in [3.63, 3.8) is 0 Å². The maximum Gasteiger partial charge on any atom is 0.303 e. The first-order chi connectivity index (χ1) is 9.08. The molecule has 4 heteroatoms. The van der Waals surface area contributed by atoms with Crippen LogP contribution >= 0.6 is 0 Å². The summed E-state index contributed by atoms with van der Waals surface area (Å²) < 4.78 is 0. The van der Waals surface area contributed by atoms with Crippen molar-refractivity contribution in [3.05, 3.63) is 29.8 Å². The van der Waals surface area contributed by atoms with Gasteiger partial charge in [-0.1, -0.05) is 18.2 Å². The fraction of sp³-hybridized carbons (Fsp3) is 0.533. The second-order valence-electron chi connectivity index (χ2n) is 5.33. The van der Waals surface area contributed by atoms with Gasteiger partial charge in [-0.15, -0.1) is 0 Å². The number of piperazine rings is 1. The number of rotatable bonds is 4. The van der Waals surface area contributed by atoms with Crippen LogP contribution in [0.1, 0.15) is 25.3 Å². The van der Waals surface area contributed by atoms with Gasteiger partial charge in [0.15, 0.2) is 0 Å². The average Bonchev–Trinajstić information content (AvgIpc) is 2.37. The van der Waals surface area contributed by atoms with Crippen molar-refractivity contribution in [2.75, 3.05) is 18.0 Å². The minimum atomic E-state index is -0.719. The molecule has 1 aromatic carbocycles. The van der Waals surface area contributed by atoms with E-state index in [1.807, 2.05) is 12.1 Å². The molecule has 2 N–H and O–H groups in total. The SMILES string of the molecule is Cc1ccccc1N1CC(C)NCC1CCC(=O)O. The van der Waals surface area contributed by atoms with Gasteiger partial charge in [-0.25, -0.2) is 0 Å². The Labute approximate surface area is 114 Å². The van der Waals surface area contributed by atoms with Gasteiger partial charge in [0.2, 0.25) is 0 Å². The Bertz CT molecular complexity index is 448. The summed E-state index contributed by atoms with van der Waals surface area (Å²) in [6.07, 6.45) is 0.909. The number of anilines is 1. The molecule has 0 radical (unpaired) electrons. The average molecular weight is 262 g/mol. The summed E-state index contributed by atoms with van der Waals surface area (Å²) in [5.41, 5.74) is 2.48. The van der Waals surface area contributed by atoms with Crippen molar-refractivity contribution >= 4 is 11.7 Å². The molecule has 1 aliphatic rings. The van der Waals surface area contributed by atoms with Crippen LogP contribution in [0.5, 0.6) is 0 Å². The van der Waals surface area contributed by atoms with E-state index in [0.29, 0.717) is 12.5 Å². The van der Waals surface area contributed by atoms with Crippen LogP contribution in [0.2, 0.25) is 0 Å². The Morgan fingerprint density at radius 1 is 1.47 bits per heavy atom. The van der Waals surface area contributed by atoms with Crippen LogP contribution in [0.15, 0.2) is 24.3 Å². The second-order valence-corrected chi connectivity index (χ2v) is 5.33. The van der Waals surface area contributed by atoms with E-state index in [2.05, 4.69) is 36.2 Å². The van der Waals surface area contributed by atoms with Crippen molar-refractivity contribution in [1.29, 1.82) is 0 Å². The zero-order valence-corrected chi connectivity index (χ0v) is 11.6. The molecule has 0 spiro atoms. The predicted octanol–water partition coefficient (Wildman–Crippen LogP) is 2.03. The topological polar surface area (TPSA) is 52.6 Å². The molecule has 19 heavy (non-hydrogen) atoms. The lowest BCUT2D eigenvalue weighted by Gasteiger charge is -2.41. The van der Waals surface area contributed by atoms with Gasteiger partial charge in [0.05, 0.1) is 0 Å². The predicted molar refractivity (Wildman–Crippen MR) is 76.6 cm³/mol. The summed E-state index contributed by atoms with van der Waals surface area (Å²) in [6, 6.07) is 9.01. The first-order valence-electron chi connectivity index (χ1n) is 6.85. The number of nitrogens with one attached hydrogen (secondary N) is 1. The van der Waals surface area contributed by atoms with E-state index < -0.39 is 5.97 Å². The molecule has 0 amide bonds. The summed E-state index contributed by atoms with van der Waals surface area (Å²) in [4.78, 5) is 13.1. The molecule has 0 saturated carbocycles. The van der Waals surface area contributed by atoms with Crippen LogP contribution < -0.4 is 10.2 Å². The number of carboxylic acid groups (broad SMARTS) is 1. The Morgan fingerprint density at radius 2 is 2.21 bits per heavy atom. The van der Waals surface area contributed by atoms with Gasteiger partial charge in [-0.3, -0.25) is 4.79 Å². The highest BCUT2D eigenvalue weighted by Crippen LogP contribution is 2.25. The van der Waals surface area contributed by atoms with E-state index in [0.717, 1.165) is 13.1 Å². The van der Waals surface area contributed by atoms with Gasteiger partial charge in [-0.05, 0) is 31.9 Å². The molecular weight excluding hydrogens is 240 g/mol. The standard InChI is InChI=1S/C15H22N2O2/c1-11-5-3-4-6-14(11)17-10-12(2)16-9-13(17)7-8-15(18)19/h3-6,12-13,16H,7-10H2,1-2H3,(H,18,19). The van der Waals surface area contributed by atoms with E-state index >= 15 is 0 Å². The number of aliphatic carboxylic acids is 1. The van der Waals surface area contributed by atoms with Crippen molar-refractivity contribution in [2.24, 2.45) is 0 Å². The third-order valence-electron chi connectivity index (χ3n) is 3.73. The molecule has 2 unspecified atom stereocenters. The van der Waals surface area contributed by atoms with Gasteiger partial charge in [0.1, 0.15) is 0 Å². The number of hydrogen-bond acceptors (Lipinski definition) is 3. The summed E-state index contributed by atoms with van der Waals surface area (Å²) >= 11 is 0. The number of hydrogen-bond donors (Lipinski definition) is 2. The van der Waals surface area contributed by atoms with Crippen molar-refractivity contribution in [2.45, 2.75) is 38.8 Å². The van der Waals surface area contributed by atoms with Crippen LogP contribution in [0.4, 0.5) is 5.69 Å². The van der Waals surface area contributed by atoms with Gasteiger partial charge >= 0.3 is 5.97 Å². The first-order valence-corrected chi connectivity index (χ1v) is 6.85. The Kier molecular flexibility index (Phi) is 4.43. The van der Waals surface area contributed by atoms with Gasteiger partial charge in [-0.2, -0.15) is 0 Å². The van der Waals surface area contributed by atoms with Gasteiger partial charge < -0.3 is 15.3 Å². The van der Waals surface area contributed by atoms with E-state index in [9.17, 15) is 4.79 Å². The molecule has 2 rings (SSSR count). The van der Waals surface area contributed by atoms with Gasteiger partial charge in [0, 0.05) is 37.3 Å². The largest absolute Gasteiger partial charge is 0.481 e. The van der Waals surface area contributed by atoms with Crippen LogP contribution in [-0.4, -0.2) is 36.2 Å². The number of carbonyl (C=O) groups is 1. The molecule has 104 valence electrons. The molecule has 1 aromatic rings. The molecule has 1 fully saturated rings. The lowest BCUT2D eigenvalue weighted by molar-refractivity contribution is -0.137. The molecular formula is C15H22N2O2. The Hall–Kier alpha value is -1.55. The number of nitrogens with zero attached hydrogens (tertiary/aromatic N) is 1. The number of carboxylic acids is 1. The zero-order chi connectivity index (χ0) is 13.8. The minimum Gasteiger partial charge on any atom is -0.481 e. The molecule has 1 aliphatic heterocycles. The maximum atomic E-state index is 10.8. The third-order valence-corrected chi connectivity index (χ3v) is 3.73. The molecule has 1 saturated heterocycles.